The Morgan fingerprint density at radius 3 is 2.67 bits per heavy atom. The van der Waals surface area contributed by atoms with Crippen LogP contribution in [0.5, 0.6) is 0 Å². The van der Waals surface area contributed by atoms with Crippen LogP contribution < -0.4 is 10.6 Å². The van der Waals surface area contributed by atoms with Crippen LogP contribution in [-0.4, -0.2) is 38.6 Å². The highest BCUT2D eigenvalue weighted by Crippen LogP contribution is 2.38. The molecule has 2 aliphatic rings. The number of sulfone groups is 1. The SMILES string of the molecule is NCC1(N2CCCc3ccccc32)CS(=O)(=O)C1. The van der Waals surface area contributed by atoms with Gasteiger partial charge in [0.2, 0.25) is 0 Å². The van der Waals surface area contributed by atoms with E-state index in [1.807, 2.05) is 12.1 Å². The van der Waals surface area contributed by atoms with E-state index < -0.39 is 9.84 Å². The van der Waals surface area contributed by atoms with Gasteiger partial charge in [-0.05, 0) is 24.5 Å². The van der Waals surface area contributed by atoms with E-state index in [-0.39, 0.29) is 17.0 Å². The molecule has 0 aliphatic carbocycles. The lowest BCUT2D eigenvalue weighted by molar-refractivity contribution is 0.414. The third kappa shape index (κ3) is 1.73. The zero-order valence-electron chi connectivity index (χ0n) is 10.3. The van der Waals surface area contributed by atoms with Crippen molar-refractivity contribution in [2.45, 2.75) is 18.4 Å². The number of rotatable bonds is 2. The topological polar surface area (TPSA) is 63.4 Å². The van der Waals surface area contributed by atoms with Crippen molar-refractivity contribution in [1.82, 2.24) is 0 Å². The zero-order chi connectivity index (χ0) is 12.8. The molecule has 4 nitrogen and oxygen atoms in total. The second kappa shape index (κ2) is 3.96. The molecule has 0 amide bonds. The Labute approximate surface area is 108 Å². The molecule has 18 heavy (non-hydrogen) atoms. The highest BCUT2D eigenvalue weighted by molar-refractivity contribution is 7.93. The first kappa shape index (κ1) is 12.0. The van der Waals surface area contributed by atoms with Crippen LogP contribution >= 0.6 is 0 Å². The van der Waals surface area contributed by atoms with Crippen LogP contribution in [0, 0.1) is 0 Å². The fraction of sp³-hybridized carbons (Fsp3) is 0.538. The molecule has 1 saturated heterocycles. The molecule has 1 aromatic rings. The fourth-order valence-corrected chi connectivity index (χ4v) is 5.29. The van der Waals surface area contributed by atoms with Crippen LogP contribution in [0.15, 0.2) is 24.3 Å². The predicted octanol–water partition coefficient (Wildman–Crippen LogP) is 0.565. The number of benzene rings is 1. The van der Waals surface area contributed by atoms with Gasteiger partial charge >= 0.3 is 0 Å². The molecule has 0 spiro atoms. The maximum absolute atomic E-state index is 11.5. The van der Waals surface area contributed by atoms with Gasteiger partial charge < -0.3 is 10.6 Å². The number of anilines is 1. The average molecular weight is 266 g/mol. The number of aryl methyl sites for hydroxylation is 1. The molecule has 0 radical (unpaired) electrons. The van der Waals surface area contributed by atoms with Crippen molar-refractivity contribution in [2.75, 3.05) is 29.5 Å². The van der Waals surface area contributed by atoms with Gasteiger partial charge in [0.1, 0.15) is 0 Å². The third-order valence-electron chi connectivity index (χ3n) is 4.04. The number of hydrogen-bond donors (Lipinski definition) is 1. The number of nitrogens with zero attached hydrogens (tertiary/aromatic N) is 1. The molecule has 1 aromatic carbocycles. The summed E-state index contributed by atoms with van der Waals surface area (Å²) in [5.41, 5.74) is 7.98. The molecule has 0 bridgehead atoms. The van der Waals surface area contributed by atoms with Crippen molar-refractivity contribution in [3.63, 3.8) is 0 Å². The first-order valence-corrected chi connectivity index (χ1v) is 8.15. The minimum atomic E-state index is -2.87. The fourth-order valence-electron chi connectivity index (χ4n) is 3.19. The van der Waals surface area contributed by atoms with Gasteiger partial charge in [0.05, 0.1) is 17.0 Å². The maximum Gasteiger partial charge on any atom is 0.155 e. The zero-order valence-corrected chi connectivity index (χ0v) is 11.1. The van der Waals surface area contributed by atoms with E-state index >= 15 is 0 Å². The van der Waals surface area contributed by atoms with E-state index in [4.69, 9.17) is 5.73 Å². The molecule has 2 N–H and O–H groups in total. The molecule has 98 valence electrons. The van der Waals surface area contributed by atoms with Crippen molar-refractivity contribution in [3.8, 4) is 0 Å². The summed E-state index contributed by atoms with van der Waals surface area (Å²) in [6.07, 6.45) is 2.14. The molecule has 3 rings (SSSR count). The Balaban J connectivity index is 1.99. The Morgan fingerprint density at radius 1 is 1.28 bits per heavy atom. The van der Waals surface area contributed by atoms with Crippen molar-refractivity contribution in [2.24, 2.45) is 5.73 Å². The second-order valence-corrected chi connectivity index (χ2v) is 7.41. The van der Waals surface area contributed by atoms with Crippen LogP contribution in [0.2, 0.25) is 0 Å². The largest absolute Gasteiger partial charge is 0.362 e. The van der Waals surface area contributed by atoms with Crippen molar-refractivity contribution in [1.29, 1.82) is 0 Å². The minimum absolute atomic E-state index is 0.199. The monoisotopic (exact) mass is 266 g/mol. The Bertz CT molecular complexity index is 556. The number of para-hydroxylation sites is 1. The van der Waals surface area contributed by atoms with Gasteiger partial charge in [-0.15, -0.1) is 0 Å². The summed E-state index contributed by atoms with van der Waals surface area (Å²) >= 11 is 0. The Hall–Kier alpha value is -1.07. The minimum Gasteiger partial charge on any atom is -0.362 e. The van der Waals surface area contributed by atoms with E-state index in [0.717, 1.165) is 19.4 Å². The lowest BCUT2D eigenvalue weighted by Crippen LogP contribution is -2.70. The molecule has 1 fully saturated rings. The lowest BCUT2D eigenvalue weighted by atomic mass is 9.93. The molecule has 0 aromatic heterocycles. The van der Waals surface area contributed by atoms with Crippen molar-refractivity contribution < 1.29 is 8.42 Å². The maximum atomic E-state index is 11.5. The molecule has 2 aliphatic heterocycles. The van der Waals surface area contributed by atoms with Crippen LogP contribution in [0.3, 0.4) is 0 Å². The molecule has 2 heterocycles. The predicted molar refractivity (Wildman–Crippen MR) is 72.5 cm³/mol. The quantitative estimate of drug-likeness (QED) is 0.850. The first-order valence-electron chi connectivity index (χ1n) is 6.32. The summed E-state index contributed by atoms with van der Waals surface area (Å²) in [4.78, 5) is 2.23. The van der Waals surface area contributed by atoms with Crippen LogP contribution in [-0.2, 0) is 16.3 Å². The van der Waals surface area contributed by atoms with Gasteiger partial charge in [-0.2, -0.15) is 0 Å². The van der Waals surface area contributed by atoms with E-state index in [1.165, 1.54) is 11.3 Å². The van der Waals surface area contributed by atoms with Gasteiger partial charge in [0, 0.05) is 18.8 Å². The summed E-state index contributed by atoms with van der Waals surface area (Å²) in [7, 11) is -2.87. The summed E-state index contributed by atoms with van der Waals surface area (Å²) in [6.45, 7) is 1.31. The summed E-state index contributed by atoms with van der Waals surface area (Å²) in [5, 5.41) is 0. The number of hydrogen-bond acceptors (Lipinski definition) is 4. The number of nitrogens with two attached hydrogens (primary N) is 1. The summed E-state index contributed by atoms with van der Waals surface area (Å²) in [5.74, 6) is 0.398. The van der Waals surface area contributed by atoms with Gasteiger partial charge in [0.25, 0.3) is 0 Å². The number of fused-ring (bicyclic) bond motifs is 1. The molecule has 0 saturated carbocycles. The molecular formula is C13H18N2O2S. The molecule has 0 unspecified atom stereocenters. The standard InChI is InChI=1S/C13H18N2O2S/c14-8-13(9-18(16,17)10-13)15-7-3-5-11-4-1-2-6-12(11)15/h1-2,4,6H,3,5,7-10,14H2. The lowest BCUT2D eigenvalue weighted by Gasteiger charge is -2.51. The van der Waals surface area contributed by atoms with E-state index in [9.17, 15) is 8.42 Å². The van der Waals surface area contributed by atoms with Crippen LogP contribution in [0.1, 0.15) is 12.0 Å². The van der Waals surface area contributed by atoms with E-state index in [1.54, 1.807) is 0 Å². The Morgan fingerprint density at radius 2 is 2.00 bits per heavy atom. The van der Waals surface area contributed by atoms with Gasteiger partial charge in [-0.25, -0.2) is 8.42 Å². The van der Waals surface area contributed by atoms with E-state index in [2.05, 4.69) is 17.0 Å². The van der Waals surface area contributed by atoms with E-state index in [0.29, 0.717) is 6.54 Å². The average Bonchev–Trinajstić information content (AvgIpc) is 2.35. The van der Waals surface area contributed by atoms with Crippen LogP contribution in [0.4, 0.5) is 5.69 Å². The molecule has 5 heteroatoms. The molecular weight excluding hydrogens is 248 g/mol. The third-order valence-corrected chi connectivity index (χ3v) is 5.99. The first-order chi connectivity index (χ1) is 8.56. The second-order valence-electron chi connectivity index (χ2n) is 5.34. The van der Waals surface area contributed by atoms with Gasteiger partial charge in [-0.3, -0.25) is 0 Å². The van der Waals surface area contributed by atoms with Crippen molar-refractivity contribution >= 4 is 15.5 Å². The highest BCUT2D eigenvalue weighted by Gasteiger charge is 2.52. The van der Waals surface area contributed by atoms with Crippen molar-refractivity contribution in [3.05, 3.63) is 29.8 Å². The highest BCUT2D eigenvalue weighted by atomic mass is 32.2. The smallest absolute Gasteiger partial charge is 0.155 e. The summed E-state index contributed by atoms with van der Waals surface area (Å²) in [6, 6.07) is 8.25. The normalized spacial score (nSPS) is 24.2. The van der Waals surface area contributed by atoms with Gasteiger partial charge in [0.15, 0.2) is 9.84 Å². The van der Waals surface area contributed by atoms with Crippen LogP contribution in [0.25, 0.3) is 0 Å². The molecule has 0 atom stereocenters. The summed E-state index contributed by atoms with van der Waals surface area (Å²) < 4.78 is 23.1. The van der Waals surface area contributed by atoms with Gasteiger partial charge in [-0.1, -0.05) is 18.2 Å². The Kier molecular flexibility index (Phi) is 2.64.